The first kappa shape index (κ1) is 15.3. The lowest BCUT2D eigenvalue weighted by atomic mass is 9.89. The van der Waals surface area contributed by atoms with Crippen molar-refractivity contribution < 1.29 is 9.53 Å². The molecular formula is C16H26N2O2. The van der Waals surface area contributed by atoms with Crippen LogP contribution in [0.15, 0.2) is 24.3 Å². The molecule has 1 aliphatic heterocycles. The number of hydrogen-bond donors (Lipinski definition) is 1. The van der Waals surface area contributed by atoms with Gasteiger partial charge in [0.15, 0.2) is 0 Å². The van der Waals surface area contributed by atoms with Crippen molar-refractivity contribution in [3.05, 3.63) is 24.3 Å². The van der Waals surface area contributed by atoms with Crippen molar-refractivity contribution in [2.45, 2.75) is 44.7 Å². The first-order chi connectivity index (χ1) is 9.81. The molecule has 1 saturated carbocycles. The molecular weight excluding hydrogens is 252 g/mol. The lowest BCUT2D eigenvalue weighted by molar-refractivity contribution is -0.118. The van der Waals surface area contributed by atoms with E-state index in [1.54, 1.807) is 12.2 Å². The van der Waals surface area contributed by atoms with E-state index >= 15 is 0 Å². The van der Waals surface area contributed by atoms with Crippen LogP contribution in [0.1, 0.15) is 32.6 Å². The van der Waals surface area contributed by atoms with Crippen LogP contribution in [0.3, 0.4) is 0 Å². The molecule has 1 N–H and O–H groups in total. The number of rotatable bonds is 4. The number of carbonyl (C=O) groups excluding carboxylic acids is 1. The van der Waals surface area contributed by atoms with E-state index in [0.717, 1.165) is 32.7 Å². The summed E-state index contributed by atoms with van der Waals surface area (Å²) in [7, 11) is 0. The number of allylic oxidation sites excluding steroid dienone is 3. The Kier molecular flexibility index (Phi) is 6.27. The molecule has 0 aromatic rings. The molecule has 2 rings (SSSR count). The summed E-state index contributed by atoms with van der Waals surface area (Å²) in [5, 5.41) is 3.18. The number of morpholine rings is 1. The van der Waals surface area contributed by atoms with Gasteiger partial charge in [-0.15, -0.1) is 0 Å². The first-order valence-electron chi connectivity index (χ1n) is 7.73. The number of hydrogen-bond acceptors (Lipinski definition) is 3. The van der Waals surface area contributed by atoms with Gasteiger partial charge in [-0.1, -0.05) is 31.1 Å². The molecule has 20 heavy (non-hydrogen) atoms. The highest BCUT2D eigenvalue weighted by Crippen LogP contribution is 2.24. The number of nitrogens with one attached hydrogen (secondary N) is 1. The van der Waals surface area contributed by atoms with E-state index in [1.165, 1.54) is 19.3 Å². The second-order valence-electron chi connectivity index (χ2n) is 5.50. The van der Waals surface area contributed by atoms with Gasteiger partial charge in [0.05, 0.1) is 13.2 Å². The number of nitrogens with zero attached hydrogens (tertiary/aromatic N) is 1. The second kappa shape index (κ2) is 8.22. The molecule has 0 spiro atoms. The Labute approximate surface area is 121 Å². The van der Waals surface area contributed by atoms with Crippen LogP contribution in [0.4, 0.5) is 0 Å². The van der Waals surface area contributed by atoms with Crippen LogP contribution in [0.25, 0.3) is 0 Å². The van der Waals surface area contributed by atoms with Crippen molar-refractivity contribution in [3.63, 3.8) is 0 Å². The van der Waals surface area contributed by atoms with E-state index < -0.39 is 0 Å². The monoisotopic (exact) mass is 278 g/mol. The molecule has 1 aliphatic carbocycles. The zero-order valence-electron chi connectivity index (χ0n) is 12.4. The highest BCUT2D eigenvalue weighted by molar-refractivity contribution is 5.88. The molecule has 2 fully saturated rings. The van der Waals surface area contributed by atoms with Crippen LogP contribution in [-0.2, 0) is 9.53 Å². The molecule has 2 atom stereocenters. The molecule has 4 nitrogen and oxygen atoms in total. The van der Waals surface area contributed by atoms with Gasteiger partial charge in [0.2, 0.25) is 5.91 Å². The minimum Gasteiger partial charge on any atom is -0.379 e. The van der Waals surface area contributed by atoms with E-state index in [-0.39, 0.29) is 11.9 Å². The van der Waals surface area contributed by atoms with Gasteiger partial charge in [-0.2, -0.15) is 0 Å². The number of ether oxygens (including phenoxy) is 1. The van der Waals surface area contributed by atoms with Crippen LogP contribution in [0.5, 0.6) is 0 Å². The lowest BCUT2D eigenvalue weighted by Crippen LogP contribution is -2.55. The van der Waals surface area contributed by atoms with Crippen LogP contribution in [0.2, 0.25) is 0 Å². The highest BCUT2D eigenvalue weighted by atomic mass is 16.5. The normalized spacial score (nSPS) is 29.1. The van der Waals surface area contributed by atoms with Crippen molar-refractivity contribution in [2.24, 2.45) is 0 Å². The second-order valence-corrected chi connectivity index (χ2v) is 5.50. The maximum atomic E-state index is 11.9. The fraction of sp³-hybridized carbons (Fsp3) is 0.688. The summed E-state index contributed by atoms with van der Waals surface area (Å²) in [6.07, 6.45) is 12.0. The molecule has 0 bridgehead atoms. The number of carbonyl (C=O) groups is 1. The van der Waals surface area contributed by atoms with Crippen molar-refractivity contribution in [2.75, 3.05) is 26.3 Å². The molecule has 0 aromatic carbocycles. The maximum absolute atomic E-state index is 11.9. The van der Waals surface area contributed by atoms with Gasteiger partial charge < -0.3 is 10.1 Å². The third kappa shape index (κ3) is 4.46. The Morgan fingerprint density at radius 3 is 2.70 bits per heavy atom. The average Bonchev–Trinajstić information content (AvgIpc) is 2.49. The summed E-state index contributed by atoms with van der Waals surface area (Å²) in [4.78, 5) is 14.4. The third-order valence-electron chi connectivity index (χ3n) is 4.12. The minimum absolute atomic E-state index is 0.0215. The summed E-state index contributed by atoms with van der Waals surface area (Å²) >= 11 is 0. The molecule has 0 unspecified atom stereocenters. The van der Waals surface area contributed by atoms with Gasteiger partial charge in [-0.05, 0) is 19.8 Å². The first-order valence-corrected chi connectivity index (χ1v) is 7.73. The van der Waals surface area contributed by atoms with Crippen LogP contribution >= 0.6 is 0 Å². The van der Waals surface area contributed by atoms with Crippen LogP contribution in [-0.4, -0.2) is 49.2 Å². The number of amides is 1. The third-order valence-corrected chi connectivity index (χ3v) is 4.12. The van der Waals surface area contributed by atoms with E-state index in [2.05, 4.69) is 10.2 Å². The molecule has 112 valence electrons. The smallest absolute Gasteiger partial charge is 0.244 e. The predicted molar refractivity (Wildman–Crippen MR) is 80.5 cm³/mol. The van der Waals surface area contributed by atoms with Crippen molar-refractivity contribution in [1.29, 1.82) is 0 Å². The Balaban J connectivity index is 1.90. The van der Waals surface area contributed by atoms with Gasteiger partial charge in [-0.25, -0.2) is 0 Å². The summed E-state index contributed by atoms with van der Waals surface area (Å²) < 4.78 is 5.42. The van der Waals surface area contributed by atoms with Gasteiger partial charge in [-0.3, -0.25) is 9.69 Å². The Morgan fingerprint density at radius 2 is 1.95 bits per heavy atom. The van der Waals surface area contributed by atoms with Crippen molar-refractivity contribution in [3.8, 4) is 0 Å². The molecule has 1 saturated heterocycles. The molecule has 0 aromatic heterocycles. The Bertz CT molecular complexity index is 359. The van der Waals surface area contributed by atoms with Gasteiger partial charge >= 0.3 is 0 Å². The SMILES string of the molecule is C/C=C/C=C/C(=O)N[C@@H]1CCCC[C@H]1N1CCOCC1. The Hall–Kier alpha value is -1.13. The largest absolute Gasteiger partial charge is 0.379 e. The van der Waals surface area contributed by atoms with Gasteiger partial charge in [0.25, 0.3) is 0 Å². The quantitative estimate of drug-likeness (QED) is 0.630. The summed E-state index contributed by atoms with van der Waals surface area (Å²) in [6, 6.07) is 0.760. The molecule has 1 heterocycles. The van der Waals surface area contributed by atoms with Crippen molar-refractivity contribution in [1.82, 2.24) is 10.2 Å². The molecule has 1 amide bonds. The predicted octanol–water partition coefficient (Wildman–Crippen LogP) is 1.88. The molecule has 0 radical (unpaired) electrons. The van der Waals surface area contributed by atoms with E-state index in [0.29, 0.717) is 6.04 Å². The zero-order valence-corrected chi connectivity index (χ0v) is 12.4. The fourth-order valence-electron chi connectivity index (χ4n) is 3.11. The minimum atomic E-state index is 0.0215. The fourth-order valence-corrected chi connectivity index (χ4v) is 3.11. The van der Waals surface area contributed by atoms with Crippen LogP contribution < -0.4 is 5.32 Å². The van der Waals surface area contributed by atoms with Crippen LogP contribution in [0, 0.1) is 0 Å². The highest BCUT2D eigenvalue weighted by Gasteiger charge is 2.31. The lowest BCUT2D eigenvalue weighted by Gasteiger charge is -2.41. The molecule has 4 heteroatoms. The van der Waals surface area contributed by atoms with Gasteiger partial charge in [0.1, 0.15) is 0 Å². The van der Waals surface area contributed by atoms with E-state index in [1.807, 2.05) is 19.1 Å². The Morgan fingerprint density at radius 1 is 1.20 bits per heavy atom. The average molecular weight is 278 g/mol. The standard InChI is InChI=1S/C16H26N2O2/c1-2-3-4-9-16(19)17-14-7-5-6-8-15(14)18-10-12-20-13-11-18/h2-4,9,14-15H,5-8,10-13H2,1H3,(H,17,19)/b3-2+,9-4+/t14-,15-/m1/s1. The summed E-state index contributed by atoms with van der Waals surface area (Å²) in [5.41, 5.74) is 0. The van der Waals surface area contributed by atoms with E-state index in [4.69, 9.17) is 4.74 Å². The zero-order chi connectivity index (χ0) is 14.2. The van der Waals surface area contributed by atoms with E-state index in [9.17, 15) is 4.79 Å². The van der Waals surface area contributed by atoms with Crippen molar-refractivity contribution >= 4 is 5.91 Å². The van der Waals surface area contributed by atoms with Gasteiger partial charge in [0, 0.05) is 31.2 Å². The summed E-state index contributed by atoms with van der Waals surface area (Å²) in [5.74, 6) is 0.0215. The topological polar surface area (TPSA) is 41.6 Å². The summed E-state index contributed by atoms with van der Waals surface area (Å²) in [6.45, 7) is 5.56. The maximum Gasteiger partial charge on any atom is 0.244 e. The molecule has 2 aliphatic rings.